The lowest BCUT2D eigenvalue weighted by Gasteiger charge is -2.08. The molecule has 0 aliphatic heterocycles. The smallest absolute Gasteiger partial charge is 0.0541 e. The molecule has 0 aliphatic carbocycles. The number of hydrogen-bond acceptors (Lipinski definition) is 0. The van der Waals surface area contributed by atoms with Gasteiger partial charge in [0.05, 0.1) is 11.0 Å². The van der Waals surface area contributed by atoms with Crippen LogP contribution in [0.1, 0.15) is 33.3 Å². The summed E-state index contributed by atoms with van der Waals surface area (Å²) < 4.78 is 4.68. The highest BCUT2D eigenvalue weighted by molar-refractivity contribution is 6.11. The Balaban J connectivity index is 0.000000582. The van der Waals surface area contributed by atoms with Crippen molar-refractivity contribution in [1.82, 2.24) is 9.13 Å². The van der Waals surface area contributed by atoms with E-state index in [-0.39, 0.29) is 0 Å². The molecule has 0 spiro atoms. The minimum Gasteiger partial charge on any atom is -0.344 e. The van der Waals surface area contributed by atoms with E-state index in [1.54, 1.807) is 0 Å². The molecule has 162 valence electrons. The highest BCUT2D eigenvalue weighted by atomic mass is 15.0. The maximum Gasteiger partial charge on any atom is 0.0541 e. The van der Waals surface area contributed by atoms with Gasteiger partial charge in [-0.25, -0.2) is 0 Å². The van der Waals surface area contributed by atoms with Gasteiger partial charge >= 0.3 is 0 Å². The van der Waals surface area contributed by atoms with Crippen LogP contribution < -0.4 is 0 Å². The van der Waals surface area contributed by atoms with Gasteiger partial charge in [0, 0.05) is 45.3 Å². The molecule has 0 saturated heterocycles. The van der Waals surface area contributed by atoms with Crippen LogP contribution in [0.3, 0.4) is 0 Å². The Hall–Kier alpha value is -3.52. The summed E-state index contributed by atoms with van der Waals surface area (Å²) in [5.41, 5.74) is 7.55. The number of para-hydroxylation sites is 2. The molecule has 32 heavy (non-hydrogen) atoms. The molecule has 6 aromatic rings. The van der Waals surface area contributed by atoms with E-state index in [2.05, 4.69) is 108 Å². The van der Waals surface area contributed by atoms with Crippen LogP contribution in [0.15, 0.2) is 84.9 Å². The first-order valence-corrected chi connectivity index (χ1v) is 11.7. The highest BCUT2D eigenvalue weighted by Gasteiger charge is 2.14. The van der Waals surface area contributed by atoms with Crippen molar-refractivity contribution >= 4 is 43.6 Å². The van der Waals surface area contributed by atoms with Crippen LogP contribution in [0.2, 0.25) is 0 Å². The summed E-state index contributed by atoms with van der Waals surface area (Å²) in [6.45, 7) is 10.2. The average Bonchev–Trinajstić information content (AvgIpc) is 3.33. The number of rotatable bonds is 1. The van der Waals surface area contributed by atoms with Gasteiger partial charge in [-0.2, -0.15) is 0 Å². The fraction of sp³-hybridized carbons (Fsp3) is 0.200. The maximum atomic E-state index is 2.39. The van der Waals surface area contributed by atoms with Crippen LogP contribution in [-0.4, -0.2) is 9.13 Å². The van der Waals surface area contributed by atoms with Crippen molar-refractivity contribution < 1.29 is 0 Å². The van der Waals surface area contributed by atoms with Crippen molar-refractivity contribution in [2.45, 2.75) is 34.6 Å². The Bertz CT molecular complexity index is 1480. The van der Waals surface area contributed by atoms with Crippen molar-refractivity contribution in [3.63, 3.8) is 0 Å². The van der Waals surface area contributed by atoms with Crippen LogP contribution in [-0.2, 0) is 7.05 Å². The zero-order chi connectivity index (χ0) is 22.8. The SMILES string of the molecule is CC.CC.Cc1ccc2c(c1)c1cc(-n3c4ccccc4c4ccccc43)ccc1n2C. The maximum absolute atomic E-state index is 2.39. The quantitative estimate of drug-likeness (QED) is 0.251. The molecule has 6 rings (SSSR count). The molecular formula is C30H32N2. The third-order valence-corrected chi connectivity index (χ3v) is 5.98. The van der Waals surface area contributed by atoms with Gasteiger partial charge in [0.15, 0.2) is 0 Å². The second kappa shape index (κ2) is 8.92. The fourth-order valence-electron chi connectivity index (χ4n) is 4.66. The summed E-state index contributed by atoms with van der Waals surface area (Å²) in [4.78, 5) is 0. The van der Waals surface area contributed by atoms with E-state index >= 15 is 0 Å². The lowest BCUT2D eigenvalue weighted by Crippen LogP contribution is -1.94. The van der Waals surface area contributed by atoms with E-state index in [1.807, 2.05) is 27.7 Å². The van der Waals surface area contributed by atoms with Gasteiger partial charge in [-0.05, 0) is 49.4 Å². The van der Waals surface area contributed by atoms with Crippen LogP contribution >= 0.6 is 0 Å². The summed E-state index contributed by atoms with van der Waals surface area (Å²) in [6.07, 6.45) is 0. The van der Waals surface area contributed by atoms with Crippen molar-refractivity contribution in [1.29, 1.82) is 0 Å². The minimum atomic E-state index is 1.21. The second-order valence-corrected chi connectivity index (χ2v) is 7.65. The first-order chi connectivity index (χ1) is 15.7. The number of benzene rings is 4. The standard InChI is InChI=1S/C26H20N2.2C2H6/c1-17-11-13-23-21(15-17)22-16-18(12-14-24(22)27(23)2)28-25-9-5-3-7-19(25)20-8-4-6-10-26(20)28;2*1-2/h3-16H,1-2H3;2*1-2H3. The van der Waals surface area contributed by atoms with Gasteiger partial charge in [-0.15, -0.1) is 0 Å². The Labute approximate surface area is 190 Å². The molecule has 2 heteroatoms. The second-order valence-electron chi connectivity index (χ2n) is 7.65. The van der Waals surface area contributed by atoms with E-state index in [4.69, 9.17) is 0 Å². The number of nitrogens with zero attached hydrogens (tertiary/aromatic N) is 2. The molecule has 2 nitrogen and oxygen atoms in total. The third kappa shape index (κ3) is 3.27. The van der Waals surface area contributed by atoms with Crippen LogP contribution in [0.5, 0.6) is 0 Å². The first-order valence-electron chi connectivity index (χ1n) is 11.7. The van der Waals surface area contributed by atoms with Gasteiger partial charge in [-0.1, -0.05) is 75.7 Å². The molecule has 0 N–H and O–H groups in total. The normalized spacial score (nSPS) is 10.8. The average molecular weight is 421 g/mol. The zero-order valence-electron chi connectivity index (χ0n) is 20.0. The molecule has 2 aromatic heterocycles. The molecule has 0 radical (unpaired) electrons. The summed E-state index contributed by atoms with van der Waals surface area (Å²) in [5.74, 6) is 0. The van der Waals surface area contributed by atoms with Crippen molar-refractivity contribution in [2.75, 3.05) is 0 Å². The van der Waals surface area contributed by atoms with E-state index in [0.29, 0.717) is 0 Å². The first kappa shape index (κ1) is 21.7. The van der Waals surface area contributed by atoms with Crippen molar-refractivity contribution in [3.8, 4) is 5.69 Å². The Morgan fingerprint density at radius 3 is 1.59 bits per heavy atom. The van der Waals surface area contributed by atoms with Crippen LogP contribution in [0, 0.1) is 6.92 Å². The Morgan fingerprint density at radius 1 is 0.500 bits per heavy atom. The number of hydrogen-bond donors (Lipinski definition) is 0. The Morgan fingerprint density at radius 2 is 1.00 bits per heavy atom. The lowest BCUT2D eigenvalue weighted by atomic mass is 10.1. The van der Waals surface area contributed by atoms with Crippen molar-refractivity contribution in [3.05, 3.63) is 90.5 Å². The molecule has 0 unspecified atom stereocenters. The number of aryl methyl sites for hydroxylation is 2. The van der Waals surface area contributed by atoms with Gasteiger partial charge in [-0.3, -0.25) is 0 Å². The molecule has 0 saturated carbocycles. The fourth-order valence-corrected chi connectivity index (χ4v) is 4.66. The van der Waals surface area contributed by atoms with Gasteiger partial charge in [0.1, 0.15) is 0 Å². The van der Waals surface area contributed by atoms with Crippen LogP contribution in [0.4, 0.5) is 0 Å². The minimum absolute atomic E-state index is 1.21. The van der Waals surface area contributed by atoms with E-state index in [1.165, 1.54) is 54.9 Å². The predicted molar refractivity (Wildman–Crippen MR) is 142 cm³/mol. The molecule has 0 bridgehead atoms. The summed E-state index contributed by atoms with van der Waals surface area (Å²) >= 11 is 0. The topological polar surface area (TPSA) is 9.86 Å². The van der Waals surface area contributed by atoms with Crippen LogP contribution in [0.25, 0.3) is 49.3 Å². The molecule has 2 heterocycles. The highest BCUT2D eigenvalue weighted by Crippen LogP contribution is 2.35. The third-order valence-electron chi connectivity index (χ3n) is 5.98. The summed E-state index contributed by atoms with van der Waals surface area (Å²) in [7, 11) is 2.15. The summed E-state index contributed by atoms with van der Waals surface area (Å²) in [5, 5.41) is 5.22. The molecule has 4 aromatic carbocycles. The van der Waals surface area contributed by atoms with E-state index < -0.39 is 0 Å². The largest absolute Gasteiger partial charge is 0.344 e. The molecule has 0 amide bonds. The molecule has 0 aliphatic rings. The summed E-state index contributed by atoms with van der Waals surface area (Å²) in [6, 6.07) is 30.9. The zero-order valence-corrected chi connectivity index (χ0v) is 20.0. The molecule has 0 atom stereocenters. The van der Waals surface area contributed by atoms with E-state index in [0.717, 1.165) is 0 Å². The molecule has 0 fully saturated rings. The van der Waals surface area contributed by atoms with Crippen molar-refractivity contribution in [2.24, 2.45) is 7.05 Å². The van der Waals surface area contributed by atoms with Gasteiger partial charge in [0.25, 0.3) is 0 Å². The van der Waals surface area contributed by atoms with Gasteiger partial charge < -0.3 is 9.13 Å². The number of aromatic nitrogens is 2. The number of fused-ring (bicyclic) bond motifs is 6. The Kier molecular flexibility index (Phi) is 6.05. The predicted octanol–water partition coefficient (Wildman–Crippen LogP) is 8.79. The lowest BCUT2D eigenvalue weighted by molar-refractivity contribution is 1.01. The monoisotopic (exact) mass is 420 g/mol. The van der Waals surface area contributed by atoms with Gasteiger partial charge in [0.2, 0.25) is 0 Å². The van der Waals surface area contributed by atoms with E-state index in [9.17, 15) is 0 Å². The molecular weight excluding hydrogens is 388 g/mol.